The van der Waals surface area contributed by atoms with Crippen LogP contribution in [-0.4, -0.2) is 41.8 Å². The van der Waals surface area contributed by atoms with Crippen LogP contribution in [0.3, 0.4) is 0 Å². The number of hydrogen-bond donors (Lipinski definition) is 1. The van der Waals surface area contributed by atoms with Gasteiger partial charge in [0.2, 0.25) is 0 Å². The number of aliphatic imine (C=N–C) groups is 1. The van der Waals surface area contributed by atoms with Crippen molar-refractivity contribution in [3.8, 4) is 5.75 Å². The maximum absolute atomic E-state index is 5.76. The number of hydrogen-bond acceptors (Lipinski definition) is 5. The second-order valence-corrected chi connectivity index (χ2v) is 7.82. The predicted molar refractivity (Wildman–Crippen MR) is 113 cm³/mol. The molecule has 3 heterocycles. The third-order valence-electron chi connectivity index (χ3n) is 5.33. The summed E-state index contributed by atoms with van der Waals surface area (Å²) in [7, 11) is 0. The van der Waals surface area contributed by atoms with Gasteiger partial charge in [0, 0.05) is 30.2 Å². The molecular weight excluding hydrogens is 336 g/mol. The molecule has 1 aromatic heterocycles. The van der Waals surface area contributed by atoms with E-state index in [9.17, 15) is 0 Å². The lowest BCUT2D eigenvalue weighted by Crippen LogP contribution is -2.37. The van der Waals surface area contributed by atoms with E-state index in [0.29, 0.717) is 18.6 Å². The molecule has 27 heavy (non-hydrogen) atoms. The third-order valence-corrected chi connectivity index (χ3v) is 5.33. The van der Waals surface area contributed by atoms with Crippen LogP contribution in [-0.2, 0) is 0 Å². The SMILES string of the molecule is C=C(/C=C(/C)N=C(C)C)[C@H]1CCCN(C(C)c2cnc3c(c2)OCCN3)C1. The Bertz CT molecular complexity index is 749. The summed E-state index contributed by atoms with van der Waals surface area (Å²) in [5, 5.41) is 3.28. The Balaban J connectivity index is 1.68. The van der Waals surface area contributed by atoms with Crippen LogP contribution in [0.4, 0.5) is 5.82 Å². The summed E-state index contributed by atoms with van der Waals surface area (Å²) >= 11 is 0. The lowest BCUT2D eigenvalue weighted by atomic mass is 9.89. The largest absolute Gasteiger partial charge is 0.488 e. The highest BCUT2D eigenvalue weighted by Gasteiger charge is 2.26. The first-order valence-corrected chi connectivity index (χ1v) is 9.93. The smallest absolute Gasteiger partial charge is 0.168 e. The van der Waals surface area contributed by atoms with E-state index in [1.807, 2.05) is 27.0 Å². The molecule has 5 nitrogen and oxygen atoms in total. The van der Waals surface area contributed by atoms with Crippen molar-refractivity contribution in [3.05, 3.63) is 41.8 Å². The average Bonchev–Trinajstić information content (AvgIpc) is 2.66. The highest BCUT2D eigenvalue weighted by atomic mass is 16.5. The van der Waals surface area contributed by atoms with Gasteiger partial charge in [-0.1, -0.05) is 6.58 Å². The van der Waals surface area contributed by atoms with Crippen molar-refractivity contribution < 1.29 is 4.74 Å². The summed E-state index contributed by atoms with van der Waals surface area (Å²) in [5.74, 6) is 2.21. The first kappa shape index (κ1) is 19.6. The monoisotopic (exact) mass is 368 g/mol. The van der Waals surface area contributed by atoms with Crippen molar-refractivity contribution in [2.24, 2.45) is 10.9 Å². The highest BCUT2D eigenvalue weighted by Crippen LogP contribution is 2.33. The molecule has 1 N–H and O–H groups in total. The number of fused-ring (bicyclic) bond motifs is 1. The number of rotatable bonds is 5. The Morgan fingerprint density at radius 3 is 3.04 bits per heavy atom. The summed E-state index contributed by atoms with van der Waals surface area (Å²) in [6.07, 6.45) is 6.50. The van der Waals surface area contributed by atoms with Crippen molar-refractivity contribution in [2.45, 2.75) is 46.6 Å². The molecule has 0 aromatic carbocycles. The zero-order valence-corrected chi connectivity index (χ0v) is 17.1. The third kappa shape index (κ3) is 4.98. The molecule has 0 radical (unpaired) electrons. The zero-order valence-electron chi connectivity index (χ0n) is 17.1. The number of ether oxygens (including phenoxy) is 1. The number of anilines is 1. The van der Waals surface area contributed by atoms with E-state index in [-0.39, 0.29) is 0 Å². The fourth-order valence-corrected chi connectivity index (χ4v) is 3.90. The quantitative estimate of drug-likeness (QED) is 0.609. The number of likely N-dealkylation sites (tertiary alicyclic amines) is 1. The van der Waals surface area contributed by atoms with E-state index >= 15 is 0 Å². The molecule has 146 valence electrons. The summed E-state index contributed by atoms with van der Waals surface area (Å²) in [6.45, 7) is 16.3. The summed E-state index contributed by atoms with van der Waals surface area (Å²) < 4.78 is 5.76. The topological polar surface area (TPSA) is 49.8 Å². The van der Waals surface area contributed by atoms with Crippen LogP contribution in [0.5, 0.6) is 5.75 Å². The number of nitrogens with one attached hydrogen (secondary N) is 1. The van der Waals surface area contributed by atoms with Crippen molar-refractivity contribution >= 4 is 11.5 Å². The van der Waals surface area contributed by atoms with Gasteiger partial charge in [0.25, 0.3) is 0 Å². The van der Waals surface area contributed by atoms with Gasteiger partial charge in [-0.2, -0.15) is 0 Å². The Labute approximate surface area is 163 Å². The highest BCUT2D eigenvalue weighted by molar-refractivity contribution is 5.80. The minimum absolute atomic E-state index is 0.310. The summed E-state index contributed by atoms with van der Waals surface area (Å²) in [5.41, 5.74) is 4.51. The van der Waals surface area contributed by atoms with Gasteiger partial charge in [-0.15, -0.1) is 0 Å². The van der Waals surface area contributed by atoms with Crippen LogP contribution in [0.1, 0.15) is 52.1 Å². The molecule has 1 unspecified atom stereocenters. The normalized spacial score (nSPS) is 21.5. The van der Waals surface area contributed by atoms with Gasteiger partial charge in [0.1, 0.15) is 6.61 Å². The molecule has 3 rings (SSSR count). The molecule has 1 aromatic rings. The van der Waals surface area contributed by atoms with Crippen molar-refractivity contribution in [1.82, 2.24) is 9.88 Å². The van der Waals surface area contributed by atoms with Crippen LogP contribution < -0.4 is 10.1 Å². The summed E-state index contributed by atoms with van der Waals surface area (Å²) in [6, 6.07) is 2.45. The molecular formula is C22H32N4O. The van der Waals surface area contributed by atoms with E-state index in [1.165, 1.54) is 24.0 Å². The Morgan fingerprint density at radius 2 is 2.26 bits per heavy atom. The first-order valence-electron chi connectivity index (χ1n) is 9.93. The van der Waals surface area contributed by atoms with Gasteiger partial charge in [-0.25, -0.2) is 4.98 Å². The van der Waals surface area contributed by atoms with Crippen LogP contribution in [0.25, 0.3) is 0 Å². The molecule has 1 fully saturated rings. The van der Waals surface area contributed by atoms with E-state index in [2.05, 4.69) is 45.8 Å². The van der Waals surface area contributed by atoms with Crippen LogP contribution >= 0.6 is 0 Å². The molecule has 0 saturated carbocycles. The molecule has 5 heteroatoms. The molecule has 2 aliphatic heterocycles. The molecule has 2 atom stereocenters. The van der Waals surface area contributed by atoms with Crippen LogP contribution in [0.15, 0.2) is 41.2 Å². The standard InChI is InChI=1S/C22H32N4O/c1-15(2)25-17(4)11-16(3)19-7-6-9-26(14-19)18(5)20-12-21-22(24-13-20)23-8-10-27-21/h11-13,18-19H,3,6-10,14H2,1-2,4-5H3,(H,23,24)/b17-11-/t18?,19-/m0/s1. The van der Waals surface area contributed by atoms with Gasteiger partial charge in [0.05, 0.1) is 6.54 Å². The number of allylic oxidation sites excluding steroid dienone is 2. The number of nitrogens with zero attached hydrogens (tertiary/aromatic N) is 3. The minimum atomic E-state index is 0.310. The molecule has 2 aliphatic rings. The maximum atomic E-state index is 5.76. The Kier molecular flexibility index (Phi) is 6.32. The van der Waals surface area contributed by atoms with Crippen molar-refractivity contribution in [2.75, 3.05) is 31.6 Å². The minimum Gasteiger partial charge on any atom is -0.488 e. The fourth-order valence-electron chi connectivity index (χ4n) is 3.90. The van der Waals surface area contributed by atoms with Crippen LogP contribution in [0, 0.1) is 5.92 Å². The lowest BCUT2D eigenvalue weighted by molar-refractivity contribution is 0.146. The molecule has 0 bridgehead atoms. The molecule has 0 aliphatic carbocycles. The van der Waals surface area contributed by atoms with E-state index < -0.39 is 0 Å². The fraction of sp³-hybridized carbons (Fsp3) is 0.545. The lowest BCUT2D eigenvalue weighted by Gasteiger charge is -2.37. The van der Waals surface area contributed by atoms with Crippen molar-refractivity contribution in [1.29, 1.82) is 0 Å². The molecule has 0 amide bonds. The Morgan fingerprint density at radius 1 is 1.44 bits per heavy atom. The zero-order chi connectivity index (χ0) is 19.4. The van der Waals surface area contributed by atoms with Gasteiger partial charge in [-0.05, 0) is 76.3 Å². The van der Waals surface area contributed by atoms with Crippen molar-refractivity contribution in [3.63, 3.8) is 0 Å². The number of pyridine rings is 1. The maximum Gasteiger partial charge on any atom is 0.168 e. The van der Waals surface area contributed by atoms with Crippen LogP contribution in [0.2, 0.25) is 0 Å². The number of aromatic nitrogens is 1. The molecule has 1 saturated heterocycles. The van der Waals surface area contributed by atoms with E-state index in [0.717, 1.165) is 42.6 Å². The van der Waals surface area contributed by atoms with E-state index in [1.54, 1.807) is 0 Å². The van der Waals surface area contributed by atoms with Gasteiger partial charge < -0.3 is 10.1 Å². The average molecular weight is 369 g/mol. The summed E-state index contributed by atoms with van der Waals surface area (Å²) in [4.78, 5) is 11.6. The molecule has 0 spiro atoms. The Hall–Kier alpha value is -2.14. The van der Waals surface area contributed by atoms with Gasteiger partial charge in [0.15, 0.2) is 11.6 Å². The second-order valence-electron chi connectivity index (χ2n) is 7.82. The first-order chi connectivity index (χ1) is 12.9. The number of piperidine rings is 1. The second kappa shape index (κ2) is 8.70. The predicted octanol–water partition coefficient (Wildman–Crippen LogP) is 4.60. The van der Waals surface area contributed by atoms with E-state index in [4.69, 9.17) is 4.74 Å². The van der Waals surface area contributed by atoms with Gasteiger partial charge >= 0.3 is 0 Å². The van der Waals surface area contributed by atoms with Gasteiger partial charge in [-0.3, -0.25) is 9.89 Å².